The lowest BCUT2D eigenvalue weighted by atomic mass is 10.1. The molecule has 0 aliphatic rings. The minimum absolute atomic E-state index is 0.0638. The highest BCUT2D eigenvalue weighted by atomic mass is 32.2. The number of benzene rings is 2. The van der Waals surface area contributed by atoms with Crippen molar-refractivity contribution in [3.63, 3.8) is 0 Å². The number of anilines is 1. The molecule has 0 aromatic heterocycles. The molecular weight excluding hydrogens is 340 g/mol. The fourth-order valence-electron chi connectivity index (χ4n) is 2.50. The first kappa shape index (κ1) is 18.7. The van der Waals surface area contributed by atoms with Crippen LogP contribution in [-0.2, 0) is 10.0 Å². The van der Waals surface area contributed by atoms with Crippen LogP contribution in [-0.4, -0.2) is 19.9 Å². The van der Waals surface area contributed by atoms with Gasteiger partial charge >= 0.3 is 0 Å². The smallest absolute Gasteiger partial charge is 0.262 e. The Bertz CT molecular complexity index is 936. The minimum Gasteiger partial charge on any atom is -0.262 e. The molecule has 0 heterocycles. The Morgan fingerprint density at radius 1 is 1.12 bits per heavy atom. The maximum Gasteiger partial charge on any atom is 0.273 e. The second-order valence-corrected chi connectivity index (χ2v) is 7.68. The van der Waals surface area contributed by atoms with Crippen molar-refractivity contribution in [2.24, 2.45) is 0 Å². The number of hydrogen-bond donors (Lipinski definition) is 0. The molecular formula is C18H20N2O4S. The molecule has 25 heavy (non-hydrogen) atoms. The summed E-state index contributed by atoms with van der Waals surface area (Å²) in [5, 5.41) is 11.1. The highest BCUT2D eigenvalue weighted by molar-refractivity contribution is 7.92. The van der Waals surface area contributed by atoms with Crippen molar-refractivity contribution >= 4 is 21.4 Å². The van der Waals surface area contributed by atoms with Gasteiger partial charge in [0, 0.05) is 11.6 Å². The lowest BCUT2D eigenvalue weighted by Gasteiger charge is -2.25. The summed E-state index contributed by atoms with van der Waals surface area (Å²) in [4.78, 5) is 10.4. The number of nitro groups is 1. The van der Waals surface area contributed by atoms with Gasteiger partial charge in [0.1, 0.15) is 0 Å². The third kappa shape index (κ3) is 3.71. The van der Waals surface area contributed by atoms with Crippen molar-refractivity contribution in [2.45, 2.75) is 25.7 Å². The summed E-state index contributed by atoms with van der Waals surface area (Å²) in [5.74, 6) is 0. The van der Waals surface area contributed by atoms with Crippen molar-refractivity contribution in [2.75, 3.05) is 10.8 Å². The van der Waals surface area contributed by atoms with E-state index in [4.69, 9.17) is 0 Å². The monoisotopic (exact) mass is 360 g/mol. The number of hydrogen-bond acceptors (Lipinski definition) is 4. The molecule has 2 rings (SSSR count). The zero-order valence-corrected chi connectivity index (χ0v) is 15.2. The summed E-state index contributed by atoms with van der Waals surface area (Å²) in [6, 6.07) is 9.45. The van der Waals surface area contributed by atoms with E-state index in [9.17, 15) is 18.5 Å². The van der Waals surface area contributed by atoms with Crippen LogP contribution in [0.25, 0.3) is 0 Å². The summed E-state index contributed by atoms with van der Waals surface area (Å²) in [6.07, 6.45) is 1.49. The SMILES string of the molecule is C=CCN(c1cc(C)ccc1C)S(=O)(=O)c1ccc(C)c([N+](=O)[O-])c1. The molecule has 6 nitrogen and oxygen atoms in total. The van der Waals surface area contributed by atoms with Crippen LogP contribution in [0.5, 0.6) is 0 Å². The zero-order chi connectivity index (χ0) is 18.8. The van der Waals surface area contributed by atoms with Crippen LogP contribution in [0.15, 0.2) is 53.9 Å². The molecule has 0 amide bonds. The number of nitrogens with zero attached hydrogens (tertiary/aromatic N) is 2. The van der Waals surface area contributed by atoms with E-state index in [1.54, 1.807) is 13.0 Å². The summed E-state index contributed by atoms with van der Waals surface area (Å²) < 4.78 is 27.5. The van der Waals surface area contributed by atoms with Gasteiger partial charge in [-0.3, -0.25) is 14.4 Å². The van der Waals surface area contributed by atoms with Crippen molar-refractivity contribution in [1.29, 1.82) is 0 Å². The molecule has 2 aromatic carbocycles. The fraction of sp³-hybridized carbons (Fsp3) is 0.222. The number of nitro benzene ring substituents is 1. The Labute approximate surface area is 147 Å². The average Bonchev–Trinajstić information content (AvgIpc) is 2.55. The van der Waals surface area contributed by atoms with Crippen LogP contribution in [0.3, 0.4) is 0 Å². The Kier molecular flexibility index (Phi) is 5.27. The normalized spacial score (nSPS) is 11.2. The molecule has 0 saturated carbocycles. The number of aryl methyl sites for hydroxylation is 3. The van der Waals surface area contributed by atoms with Gasteiger partial charge in [-0.25, -0.2) is 8.42 Å². The third-order valence-corrected chi connectivity index (χ3v) is 5.67. The fourth-order valence-corrected chi connectivity index (χ4v) is 4.02. The molecule has 7 heteroatoms. The first-order chi connectivity index (χ1) is 11.7. The lowest BCUT2D eigenvalue weighted by Crippen LogP contribution is -2.32. The van der Waals surface area contributed by atoms with E-state index >= 15 is 0 Å². The molecule has 0 aliphatic carbocycles. The summed E-state index contributed by atoms with van der Waals surface area (Å²) in [6.45, 7) is 8.96. The highest BCUT2D eigenvalue weighted by Gasteiger charge is 2.27. The zero-order valence-electron chi connectivity index (χ0n) is 14.4. The maximum absolute atomic E-state index is 13.1. The lowest BCUT2D eigenvalue weighted by molar-refractivity contribution is -0.385. The average molecular weight is 360 g/mol. The van der Waals surface area contributed by atoms with Crippen LogP contribution in [0.2, 0.25) is 0 Å². The molecule has 0 aliphatic heterocycles. The van der Waals surface area contributed by atoms with Crippen molar-refractivity contribution in [3.8, 4) is 0 Å². The van der Waals surface area contributed by atoms with Gasteiger partial charge in [0.2, 0.25) is 0 Å². The standard InChI is InChI=1S/C18H20N2O4S/c1-5-10-19(17-11-13(2)6-7-14(17)3)25(23,24)16-9-8-15(4)18(12-16)20(21)22/h5-9,11-12H,1,10H2,2-4H3. The van der Waals surface area contributed by atoms with Crippen LogP contribution in [0, 0.1) is 30.9 Å². The summed E-state index contributed by atoms with van der Waals surface area (Å²) in [7, 11) is -3.97. The maximum atomic E-state index is 13.1. The Hall–Kier alpha value is -2.67. The van der Waals surface area contributed by atoms with Crippen molar-refractivity contribution in [3.05, 3.63) is 75.9 Å². The van der Waals surface area contributed by atoms with E-state index < -0.39 is 14.9 Å². The van der Waals surface area contributed by atoms with Gasteiger partial charge in [0.25, 0.3) is 15.7 Å². The predicted octanol–water partition coefficient (Wildman–Crippen LogP) is 3.90. The van der Waals surface area contributed by atoms with Gasteiger partial charge in [0.05, 0.1) is 22.1 Å². The second-order valence-electron chi connectivity index (χ2n) is 5.82. The summed E-state index contributed by atoms with van der Waals surface area (Å²) in [5.41, 5.74) is 2.42. The van der Waals surface area contributed by atoms with Gasteiger partial charge in [-0.1, -0.05) is 24.3 Å². The highest BCUT2D eigenvalue weighted by Crippen LogP contribution is 2.30. The van der Waals surface area contributed by atoms with E-state index in [0.29, 0.717) is 11.3 Å². The largest absolute Gasteiger partial charge is 0.273 e. The molecule has 0 bridgehead atoms. The molecule has 0 radical (unpaired) electrons. The Morgan fingerprint density at radius 3 is 2.36 bits per heavy atom. The van der Waals surface area contributed by atoms with Gasteiger partial charge in [0.15, 0.2) is 0 Å². The van der Waals surface area contributed by atoms with Gasteiger partial charge < -0.3 is 0 Å². The predicted molar refractivity (Wildman–Crippen MR) is 98.5 cm³/mol. The van der Waals surface area contributed by atoms with E-state index in [1.165, 1.54) is 22.5 Å². The van der Waals surface area contributed by atoms with Crippen LogP contribution >= 0.6 is 0 Å². The third-order valence-electron chi connectivity index (χ3n) is 3.89. The quantitative estimate of drug-likeness (QED) is 0.444. The molecule has 0 N–H and O–H groups in total. The van der Waals surface area contributed by atoms with E-state index in [1.807, 2.05) is 26.0 Å². The molecule has 0 unspecified atom stereocenters. The number of sulfonamides is 1. The van der Waals surface area contributed by atoms with E-state index in [0.717, 1.165) is 17.2 Å². The number of rotatable bonds is 6. The van der Waals surface area contributed by atoms with E-state index in [2.05, 4.69) is 6.58 Å². The summed E-state index contributed by atoms with van der Waals surface area (Å²) >= 11 is 0. The topological polar surface area (TPSA) is 80.5 Å². The first-order valence-electron chi connectivity index (χ1n) is 7.64. The van der Waals surface area contributed by atoms with Crippen molar-refractivity contribution < 1.29 is 13.3 Å². The van der Waals surface area contributed by atoms with E-state index in [-0.39, 0.29) is 17.1 Å². The van der Waals surface area contributed by atoms with Crippen molar-refractivity contribution in [1.82, 2.24) is 0 Å². The Morgan fingerprint density at radius 2 is 1.76 bits per heavy atom. The Balaban J connectivity index is 2.65. The molecule has 132 valence electrons. The minimum atomic E-state index is -3.97. The van der Waals surface area contributed by atoms with Gasteiger partial charge in [-0.05, 0) is 44.0 Å². The van der Waals surface area contributed by atoms with Gasteiger partial charge in [-0.15, -0.1) is 6.58 Å². The molecule has 0 saturated heterocycles. The molecule has 0 fully saturated rings. The van der Waals surface area contributed by atoms with Gasteiger partial charge in [-0.2, -0.15) is 0 Å². The molecule has 0 atom stereocenters. The second kappa shape index (κ2) is 7.06. The van der Waals surface area contributed by atoms with Crippen LogP contribution in [0.4, 0.5) is 11.4 Å². The van der Waals surface area contributed by atoms with Crippen LogP contribution < -0.4 is 4.31 Å². The first-order valence-corrected chi connectivity index (χ1v) is 9.08. The molecule has 2 aromatic rings. The molecule has 0 spiro atoms. The van der Waals surface area contributed by atoms with Crippen LogP contribution in [0.1, 0.15) is 16.7 Å².